The summed E-state index contributed by atoms with van der Waals surface area (Å²) in [4.78, 5) is 11.6. The summed E-state index contributed by atoms with van der Waals surface area (Å²) in [6.45, 7) is 2.20. The monoisotopic (exact) mass is 286 g/mol. The summed E-state index contributed by atoms with van der Waals surface area (Å²) < 4.78 is 5.14. The predicted octanol–water partition coefficient (Wildman–Crippen LogP) is 4.41. The minimum atomic E-state index is -0.384. The van der Waals surface area contributed by atoms with Crippen molar-refractivity contribution < 1.29 is 9.53 Å². The topological polar surface area (TPSA) is 26.3 Å². The van der Waals surface area contributed by atoms with Crippen molar-refractivity contribution in [2.75, 3.05) is 0 Å². The van der Waals surface area contributed by atoms with E-state index in [1.807, 2.05) is 49.4 Å². The Morgan fingerprint density at radius 1 is 1.15 bits per heavy atom. The zero-order valence-electron chi connectivity index (χ0n) is 11.2. The van der Waals surface area contributed by atoms with Crippen LogP contribution in [0.5, 0.6) is 0 Å². The number of hydrogen-bond donors (Lipinski definition) is 0. The average molecular weight is 287 g/mol. The Bertz CT molecular complexity index is 615. The quantitative estimate of drug-likeness (QED) is 0.615. The van der Waals surface area contributed by atoms with Crippen LogP contribution in [0.4, 0.5) is 0 Å². The fraction of sp³-hybridized carbons (Fsp3) is 0.118. The molecule has 0 aliphatic carbocycles. The van der Waals surface area contributed by atoms with Gasteiger partial charge in [0.05, 0.1) is 0 Å². The van der Waals surface area contributed by atoms with Crippen molar-refractivity contribution in [2.24, 2.45) is 0 Å². The van der Waals surface area contributed by atoms with Crippen LogP contribution in [0.3, 0.4) is 0 Å². The van der Waals surface area contributed by atoms with Crippen molar-refractivity contribution >= 4 is 23.6 Å². The molecule has 0 saturated carbocycles. The molecule has 0 saturated heterocycles. The normalized spacial score (nSPS) is 10.7. The molecule has 0 fully saturated rings. The van der Waals surface area contributed by atoms with E-state index in [9.17, 15) is 4.79 Å². The summed E-state index contributed by atoms with van der Waals surface area (Å²) in [6.07, 6.45) is 3.15. The molecule has 0 N–H and O–H groups in total. The van der Waals surface area contributed by atoms with Crippen LogP contribution in [-0.4, -0.2) is 5.97 Å². The number of esters is 1. The molecule has 0 aromatic heterocycles. The van der Waals surface area contributed by atoms with Gasteiger partial charge in [-0.25, -0.2) is 4.79 Å². The number of carbonyl (C=O) groups excluding carboxylic acids is 1. The van der Waals surface area contributed by atoms with E-state index in [1.54, 1.807) is 12.1 Å². The fourth-order valence-electron chi connectivity index (χ4n) is 1.65. The highest BCUT2D eigenvalue weighted by Gasteiger charge is 2.02. The molecule has 2 aromatic carbocycles. The average Bonchev–Trinajstić information content (AvgIpc) is 2.46. The molecule has 0 spiro atoms. The van der Waals surface area contributed by atoms with Gasteiger partial charge in [-0.3, -0.25) is 0 Å². The molecule has 0 unspecified atom stereocenters. The highest BCUT2D eigenvalue weighted by molar-refractivity contribution is 6.31. The molecule has 2 rings (SSSR count). The first-order valence-corrected chi connectivity index (χ1v) is 6.68. The lowest BCUT2D eigenvalue weighted by atomic mass is 10.1. The molecule has 0 aliphatic heterocycles. The Labute approximate surface area is 123 Å². The molecule has 20 heavy (non-hydrogen) atoms. The lowest BCUT2D eigenvalue weighted by molar-refractivity contribution is -0.138. The lowest BCUT2D eigenvalue weighted by Crippen LogP contribution is -2.01. The third-order valence-electron chi connectivity index (χ3n) is 2.82. The molecule has 2 nitrogen and oxygen atoms in total. The summed E-state index contributed by atoms with van der Waals surface area (Å²) in [5.41, 5.74) is 2.94. The Balaban J connectivity index is 1.90. The second-order valence-electron chi connectivity index (χ2n) is 4.44. The first-order chi connectivity index (χ1) is 9.65. The van der Waals surface area contributed by atoms with Crippen LogP contribution in [0.25, 0.3) is 6.08 Å². The van der Waals surface area contributed by atoms with Crippen molar-refractivity contribution in [1.82, 2.24) is 0 Å². The number of hydrogen-bond acceptors (Lipinski definition) is 2. The summed E-state index contributed by atoms with van der Waals surface area (Å²) in [5, 5.41) is 0.600. The maximum absolute atomic E-state index is 11.6. The molecule has 3 heteroatoms. The Kier molecular flexibility index (Phi) is 4.97. The predicted molar refractivity (Wildman–Crippen MR) is 81.5 cm³/mol. The van der Waals surface area contributed by atoms with E-state index in [-0.39, 0.29) is 12.6 Å². The van der Waals surface area contributed by atoms with E-state index in [1.165, 1.54) is 11.6 Å². The molecular formula is C17H15ClO2. The number of rotatable bonds is 4. The highest BCUT2D eigenvalue weighted by atomic mass is 35.5. The fourth-order valence-corrected chi connectivity index (χ4v) is 1.84. The van der Waals surface area contributed by atoms with Crippen LogP contribution >= 0.6 is 11.6 Å². The standard InChI is InChI=1S/C17H15ClO2/c1-13-6-8-14(9-7-13)10-11-17(19)20-12-15-4-2-3-5-16(15)18/h2-11H,12H2,1H3. The van der Waals surface area contributed by atoms with E-state index in [4.69, 9.17) is 16.3 Å². The number of benzene rings is 2. The first-order valence-electron chi connectivity index (χ1n) is 6.30. The number of aryl methyl sites for hydroxylation is 1. The maximum atomic E-state index is 11.6. The first kappa shape index (κ1) is 14.4. The molecule has 102 valence electrons. The van der Waals surface area contributed by atoms with Crippen molar-refractivity contribution in [3.63, 3.8) is 0 Å². The van der Waals surface area contributed by atoms with Crippen molar-refractivity contribution in [1.29, 1.82) is 0 Å². The maximum Gasteiger partial charge on any atom is 0.331 e. The second kappa shape index (κ2) is 6.92. The zero-order chi connectivity index (χ0) is 14.4. The largest absolute Gasteiger partial charge is 0.458 e. The van der Waals surface area contributed by atoms with Gasteiger partial charge in [0, 0.05) is 16.7 Å². The van der Waals surface area contributed by atoms with Gasteiger partial charge >= 0.3 is 5.97 Å². The van der Waals surface area contributed by atoms with Crippen molar-refractivity contribution in [3.8, 4) is 0 Å². The highest BCUT2D eigenvalue weighted by Crippen LogP contribution is 2.15. The van der Waals surface area contributed by atoms with Crippen LogP contribution in [0.2, 0.25) is 5.02 Å². The lowest BCUT2D eigenvalue weighted by Gasteiger charge is -2.04. The summed E-state index contributed by atoms with van der Waals surface area (Å²) in [7, 11) is 0. The van der Waals surface area contributed by atoms with E-state index in [2.05, 4.69) is 0 Å². The van der Waals surface area contributed by atoms with Gasteiger partial charge < -0.3 is 4.74 Å². The minimum absolute atomic E-state index is 0.177. The Morgan fingerprint density at radius 3 is 2.55 bits per heavy atom. The summed E-state index contributed by atoms with van der Waals surface area (Å²) in [5.74, 6) is -0.384. The summed E-state index contributed by atoms with van der Waals surface area (Å²) in [6, 6.07) is 15.2. The zero-order valence-corrected chi connectivity index (χ0v) is 11.9. The smallest absolute Gasteiger partial charge is 0.331 e. The third-order valence-corrected chi connectivity index (χ3v) is 3.19. The molecular weight excluding hydrogens is 272 g/mol. The Hall–Kier alpha value is -2.06. The van der Waals surface area contributed by atoms with E-state index in [0.29, 0.717) is 5.02 Å². The van der Waals surface area contributed by atoms with Crippen molar-refractivity contribution in [2.45, 2.75) is 13.5 Å². The molecule has 0 amide bonds. The van der Waals surface area contributed by atoms with E-state index >= 15 is 0 Å². The van der Waals surface area contributed by atoms with Crippen LogP contribution < -0.4 is 0 Å². The molecule has 0 radical (unpaired) electrons. The number of halogens is 1. The molecule has 0 heterocycles. The molecule has 2 aromatic rings. The third kappa shape index (κ3) is 4.25. The van der Waals surface area contributed by atoms with E-state index < -0.39 is 0 Å². The van der Waals surface area contributed by atoms with Crippen molar-refractivity contribution in [3.05, 3.63) is 76.3 Å². The molecule has 0 aliphatic rings. The summed E-state index contributed by atoms with van der Waals surface area (Å²) >= 11 is 5.99. The van der Waals surface area contributed by atoms with Gasteiger partial charge in [-0.15, -0.1) is 0 Å². The van der Waals surface area contributed by atoms with Gasteiger partial charge in [0.1, 0.15) is 6.61 Å². The van der Waals surface area contributed by atoms with Crippen LogP contribution in [0, 0.1) is 6.92 Å². The number of carbonyl (C=O) groups is 1. The Morgan fingerprint density at radius 2 is 1.85 bits per heavy atom. The van der Waals surface area contributed by atoms with Crippen LogP contribution in [0.1, 0.15) is 16.7 Å². The molecule has 0 atom stereocenters. The van der Waals surface area contributed by atoms with E-state index in [0.717, 1.165) is 11.1 Å². The van der Waals surface area contributed by atoms with Gasteiger partial charge in [0.25, 0.3) is 0 Å². The SMILES string of the molecule is Cc1ccc(C=CC(=O)OCc2ccccc2Cl)cc1. The van der Waals surface area contributed by atoms with Crippen LogP contribution in [0.15, 0.2) is 54.6 Å². The van der Waals surface area contributed by atoms with Gasteiger partial charge in [0.2, 0.25) is 0 Å². The molecule has 0 bridgehead atoms. The van der Waals surface area contributed by atoms with Gasteiger partial charge in [-0.2, -0.15) is 0 Å². The number of ether oxygens (including phenoxy) is 1. The van der Waals surface area contributed by atoms with Gasteiger partial charge in [-0.05, 0) is 24.6 Å². The van der Waals surface area contributed by atoms with Crippen LogP contribution in [-0.2, 0) is 16.1 Å². The van der Waals surface area contributed by atoms with Gasteiger partial charge in [0.15, 0.2) is 0 Å². The van der Waals surface area contributed by atoms with Gasteiger partial charge in [-0.1, -0.05) is 59.6 Å². The second-order valence-corrected chi connectivity index (χ2v) is 4.85. The minimum Gasteiger partial charge on any atom is -0.458 e.